The van der Waals surface area contributed by atoms with E-state index in [2.05, 4.69) is 20.3 Å². The van der Waals surface area contributed by atoms with Crippen molar-refractivity contribution >= 4 is 28.0 Å². The quantitative estimate of drug-likeness (QED) is 0.622. The summed E-state index contributed by atoms with van der Waals surface area (Å²) in [6.07, 6.45) is 6.15. The Morgan fingerprint density at radius 1 is 1.21 bits per heavy atom. The molecular formula is C16H10FN5OS. The van der Waals surface area contributed by atoms with Crippen molar-refractivity contribution in [2.45, 2.75) is 0 Å². The summed E-state index contributed by atoms with van der Waals surface area (Å²) < 4.78 is 14.9. The van der Waals surface area contributed by atoms with Crippen molar-refractivity contribution in [3.05, 3.63) is 65.9 Å². The minimum absolute atomic E-state index is 0.202. The van der Waals surface area contributed by atoms with E-state index in [4.69, 9.17) is 0 Å². The summed E-state index contributed by atoms with van der Waals surface area (Å²) in [5.74, 6) is -0.210. The number of rotatable bonds is 3. The van der Waals surface area contributed by atoms with Gasteiger partial charge in [-0.05, 0) is 24.3 Å². The lowest BCUT2D eigenvalue weighted by Crippen LogP contribution is -2.15. The summed E-state index contributed by atoms with van der Waals surface area (Å²) in [6.45, 7) is 0. The number of aromatic nitrogens is 4. The van der Waals surface area contributed by atoms with E-state index in [0.29, 0.717) is 17.1 Å². The number of nitrogens with zero attached hydrogens (tertiary/aromatic N) is 4. The molecule has 0 spiro atoms. The molecule has 1 aromatic carbocycles. The molecule has 0 aliphatic heterocycles. The number of benzene rings is 1. The van der Waals surface area contributed by atoms with Gasteiger partial charge in [-0.3, -0.25) is 14.2 Å². The number of amides is 1. The third-order valence-corrected chi connectivity index (χ3v) is 4.16. The van der Waals surface area contributed by atoms with Crippen molar-refractivity contribution in [2.75, 3.05) is 5.32 Å². The highest BCUT2D eigenvalue weighted by Crippen LogP contribution is 2.31. The van der Waals surface area contributed by atoms with Crippen LogP contribution in [0.2, 0.25) is 0 Å². The third-order valence-electron chi connectivity index (χ3n) is 3.41. The summed E-state index contributed by atoms with van der Waals surface area (Å²) >= 11 is 1.44. The van der Waals surface area contributed by atoms with Gasteiger partial charge in [-0.15, -0.1) is 11.3 Å². The molecule has 4 aromatic rings. The van der Waals surface area contributed by atoms with E-state index in [-0.39, 0.29) is 17.4 Å². The van der Waals surface area contributed by atoms with Gasteiger partial charge in [-0.1, -0.05) is 0 Å². The van der Waals surface area contributed by atoms with Gasteiger partial charge in [0.05, 0.1) is 6.20 Å². The van der Waals surface area contributed by atoms with Crippen molar-refractivity contribution in [3.63, 3.8) is 0 Å². The van der Waals surface area contributed by atoms with Crippen LogP contribution >= 0.6 is 11.3 Å². The highest BCUT2D eigenvalue weighted by atomic mass is 32.1. The van der Waals surface area contributed by atoms with Gasteiger partial charge in [0, 0.05) is 29.5 Å². The molecule has 3 aromatic heterocycles. The fraction of sp³-hybridized carbons (Fsp3) is 0. The number of anilines is 1. The second-order valence-electron chi connectivity index (χ2n) is 4.92. The maximum atomic E-state index is 13.2. The summed E-state index contributed by atoms with van der Waals surface area (Å²) in [5, 5.41) is 4.69. The predicted octanol–water partition coefficient (Wildman–Crippen LogP) is 3.24. The maximum Gasteiger partial charge on any atom is 0.277 e. The zero-order chi connectivity index (χ0) is 16.5. The number of imidazole rings is 1. The van der Waals surface area contributed by atoms with Crippen LogP contribution in [0.5, 0.6) is 0 Å². The smallest absolute Gasteiger partial charge is 0.277 e. The van der Waals surface area contributed by atoms with Gasteiger partial charge in [0.25, 0.3) is 5.91 Å². The second kappa shape index (κ2) is 5.82. The van der Waals surface area contributed by atoms with Gasteiger partial charge in [0.2, 0.25) is 0 Å². The van der Waals surface area contributed by atoms with Crippen LogP contribution in [0, 0.1) is 5.82 Å². The van der Waals surface area contributed by atoms with Crippen LogP contribution in [0.3, 0.4) is 0 Å². The van der Waals surface area contributed by atoms with E-state index in [0.717, 1.165) is 4.96 Å². The summed E-state index contributed by atoms with van der Waals surface area (Å²) in [6, 6.07) is 5.97. The van der Waals surface area contributed by atoms with E-state index in [9.17, 15) is 9.18 Å². The molecule has 6 nitrogen and oxygen atoms in total. The van der Waals surface area contributed by atoms with E-state index in [1.54, 1.807) is 16.5 Å². The zero-order valence-electron chi connectivity index (χ0n) is 12.2. The molecule has 0 fully saturated rings. The number of thiazole rings is 1. The molecule has 0 aliphatic carbocycles. The predicted molar refractivity (Wildman–Crippen MR) is 88.4 cm³/mol. The number of fused-ring (bicyclic) bond motifs is 1. The Morgan fingerprint density at radius 3 is 2.79 bits per heavy atom. The first-order valence-corrected chi connectivity index (χ1v) is 7.89. The second-order valence-corrected chi connectivity index (χ2v) is 5.79. The van der Waals surface area contributed by atoms with E-state index >= 15 is 0 Å². The van der Waals surface area contributed by atoms with E-state index in [1.165, 1.54) is 42.1 Å². The molecule has 8 heteroatoms. The van der Waals surface area contributed by atoms with Gasteiger partial charge in [-0.2, -0.15) is 0 Å². The molecule has 24 heavy (non-hydrogen) atoms. The number of halogens is 1. The Balaban J connectivity index is 1.78. The van der Waals surface area contributed by atoms with Gasteiger partial charge in [0.1, 0.15) is 23.0 Å². The lowest BCUT2D eigenvalue weighted by Gasteiger charge is -2.06. The monoisotopic (exact) mass is 339 g/mol. The summed E-state index contributed by atoms with van der Waals surface area (Å²) in [5.41, 5.74) is 1.48. The van der Waals surface area contributed by atoms with Crippen LogP contribution in [0.1, 0.15) is 10.5 Å². The molecule has 4 rings (SSSR count). The van der Waals surface area contributed by atoms with Gasteiger partial charge in [-0.25, -0.2) is 14.4 Å². The van der Waals surface area contributed by atoms with E-state index < -0.39 is 0 Å². The van der Waals surface area contributed by atoms with Gasteiger partial charge in [0.15, 0.2) is 4.96 Å². The molecule has 0 atom stereocenters. The van der Waals surface area contributed by atoms with Gasteiger partial charge >= 0.3 is 0 Å². The van der Waals surface area contributed by atoms with Crippen LogP contribution in [-0.2, 0) is 0 Å². The molecule has 0 saturated carbocycles. The molecule has 0 bridgehead atoms. The Kier molecular flexibility index (Phi) is 3.51. The Morgan fingerprint density at radius 2 is 2.04 bits per heavy atom. The highest BCUT2D eigenvalue weighted by molar-refractivity contribution is 7.15. The van der Waals surface area contributed by atoms with Crippen molar-refractivity contribution in [3.8, 4) is 11.3 Å². The molecule has 0 radical (unpaired) electrons. The number of hydrogen-bond acceptors (Lipinski definition) is 5. The minimum Gasteiger partial charge on any atom is -0.304 e. The average molecular weight is 339 g/mol. The third kappa shape index (κ3) is 2.52. The number of carbonyl (C=O) groups excluding carboxylic acids is 1. The summed E-state index contributed by atoms with van der Waals surface area (Å²) in [4.78, 5) is 25.5. The average Bonchev–Trinajstić information content (AvgIpc) is 3.19. The molecule has 1 N–H and O–H groups in total. The molecule has 3 heterocycles. The SMILES string of the molecule is O=C(Nc1c(-c2ccc(F)cc2)nc2sccn12)c1cnccn1. The molecule has 0 saturated heterocycles. The topological polar surface area (TPSA) is 72.2 Å². The Bertz CT molecular complexity index is 1010. The van der Waals surface area contributed by atoms with E-state index in [1.807, 2.05) is 11.6 Å². The number of hydrogen-bond donors (Lipinski definition) is 1. The fourth-order valence-corrected chi connectivity index (χ4v) is 3.02. The molecule has 0 aliphatic rings. The van der Waals surface area contributed by atoms with Crippen molar-refractivity contribution in [2.24, 2.45) is 0 Å². The van der Waals surface area contributed by atoms with Crippen LogP contribution < -0.4 is 5.32 Å². The number of nitrogens with one attached hydrogen (secondary N) is 1. The van der Waals surface area contributed by atoms with Crippen LogP contribution in [-0.4, -0.2) is 25.3 Å². The maximum absolute atomic E-state index is 13.2. The van der Waals surface area contributed by atoms with Crippen LogP contribution in [0.25, 0.3) is 16.2 Å². The molecular weight excluding hydrogens is 329 g/mol. The minimum atomic E-state index is -0.389. The van der Waals surface area contributed by atoms with Crippen molar-refractivity contribution in [1.29, 1.82) is 0 Å². The fourth-order valence-electron chi connectivity index (χ4n) is 2.30. The molecule has 1 amide bonds. The lowest BCUT2D eigenvalue weighted by atomic mass is 10.1. The highest BCUT2D eigenvalue weighted by Gasteiger charge is 2.18. The molecule has 0 unspecified atom stereocenters. The lowest BCUT2D eigenvalue weighted by molar-refractivity contribution is 0.102. The van der Waals surface area contributed by atoms with Crippen LogP contribution in [0.15, 0.2) is 54.4 Å². The standard InChI is InChI=1S/C16H10FN5OS/c17-11-3-1-10(2-4-11)13-14(22-7-8-24-16(22)20-13)21-15(23)12-9-18-5-6-19-12/h1-9H,(H,21,23). The first kappa shape index (κ1) is 14.5. The zero-order valence-corrected chi connectivity index (χ0v) is 13.0. The first-order chi connectivity index (χ1) is 11.7. The van der Waals surface area contributed by atoms with Crippen molar-refractivity contribution < 1.29 is 9.18 Å². The normalized spacial score (nSPS) is 10.9. The Labute approximate surface area is 139 Å². The van der Waals surface area contributed by atoms with Crippen molar-refractivity contribution in [1.82, 2.24) is 19.4 Å². The molecule has 118 valence electrons. The van der Waals surface area contributed by atoms with Gasteiger partial charge < -0.3 is 5.32 Å². The largest absolute Gasteiger partial charge is 0.304 e. The first-order valence-electron chi connectivity index (χ1n) is 7.01. The Hall–Kier alpha value is -3.13. The summed E-state index contributed by atoms with van der Waals surface area (Å²) in [7, 11) is 0. The number of carbonyl (C=O) groups is 1. The van der Waals surface area contributed by atoms with Crippen LogP contribution in [0.4, 0.5) is 10.2 Å².